The van der Waals surface area contributed by atoms with Crippen LogP contribution in [0.1, 0.15) is 24.1 Å². The second-order valence-electron chi connectivity index (χ2n) is 6.01. The number of hydrogen-bond acceptors (Lipinski definition) is 2. The lowest BCUT2D eigenvalue weighted by atomic mass is 9.96. The fourth-order valence-corrected chi connectivity index (χ4v) is 3.41. The van der Waals surface area contributed by atoms with Gasteiger partial charge in [-0.2, -0.15) is 0 Å². The standard InChI is InChI=1S/C18H17F2N3/c1-23-16-5-3-2-4-12(16)13-7-9-17(22-18(13)23)21-11-6-8-14(19)15(20)10-11/h6-10H,2-5H2,1H3,(H,21,22). The molecule has 1 aliphatic carbocycles. The Balaban J connectivity index is 1.74. The molecule has 1 aliphatic rings. The van der Waals surface area contributed by atoms with Gasteiger partial charge in [0.25, 0.3) is 0 Å². The van der Waals surface area contributed by atoms with Gasteiger partial charge in [-0.05, 0) is 55.5 Å². The molecule has 23 heavy (non-hydrogen) atoms. The summed E-state index contributed by atoms with van der Waals surface area (Å²) in [6.07, 6.45) is 4.64. The molecule has 3 nitrogen and oxygen atoms in total. The predicted molar refractivity (Wildman–Crippen MR) is 87.0 cm³/mol. The van der Waals surface area contributed by atoms with Crippen LogP contribution in [0, 0.1) is 11.6 Å². The largest absolute Gasteiger partial charge is 0.340 e. The second kappa shape index (κ2) is 5.33. The quantitative estimate of drug-likeness (QED) is 0.756. The minimum absolute atomic E-state index is 0.481. The van der Waals surface area contributed by atoms with Crippen LogP contribution in [-0.2, 0) is 19.9 Å². The van der Waals surface area contributed by atoms with E-state index in [0.29, 0.717) is 11.5 Å². The van der Waals surface area contributed by atoms with Crippen molar-refractivity contribution < 1.29 is 8.78 Å². The molecule has 2 aromatic heterocycles. The number of hydrogen-bond donors (Lipinski definition) is 1. The number of nitrogens with one attached hydrogen (secondary N) is 1. The summed E-state index contributed by atoms with van der Waals surface area (Å²) in [7, 11) is 2.04. The molecular weight excluding hydrogens is 296 g/mol. The highest BCUT2D eigenvalue weighted by Gasteiger charge is 2.19. The van der Waals surface area contributed by atoms with Gasteiger partial charge in [0.15, 0.2) is 11.6 Å². The van der Waals surface area contributed by atoms with E-state index in [1.165, 1.54) is 35.6 Å². The highest BCUT2D eigenvalue weighted by Crippen LogP contribution is 2.31. The number of fused-ring (bicyclic) bond motifs is 3. The summed E-state index contributed by atoms with van der Waals surface area (Å²) in [6, 6.07) is 7.70. The van der Waals surface area contributed by atoms with E-state index in [1.54, 1.807) is 0 Å². The topological polar surface area (TPSA) is 29.9 Å². The Hall–Kier alpha value is -2.43. The molecule has 0 amide bonds. The van der Waals surface area contributed by atoms with Crippen LogP contribution in [0.25, 0.3) is 11.0 Å². The molecule has 0 saturated heterocycles. The van der Waals surface area contributed by atoms with Crippen molar-refractivity contribution in [2.75, 3.05) is 5.32 Å². The van der Waals surface area contributed by atoms with E-state index in [4.69, 9.17) is 0 Å². The van der Waals surface area contributed by atoms with E-state index in [2.05, 4.69) is 20.9 Å². The minimum Gasteiger partial charge on any atom is -0.340 e. The maximum absolute atomic E-state index is 13.3. The second-order valence-corrected chi connectivity index (χ2v) is 6.01. The summed E-state index contributed by atoms with van der Waals surface area (Å²) < 4.78 is 28.5. The minimum atomic E-state index is -0.870. The van der Waals surface area contributed by atoms with E-state index in [-0.39, 0.29) is 0 Å². The number of anilines is 2. The molecule has 0 spiro atoms. The number of aromatic nitrogens is 2. The number of nitrogens with zero attached hydrogens (tertiary/aromatic N) is 2. The molecule has 0 atom stereocenters. The smallest absolute Gasteiger partial charge is 0.160 e. The molecule has 5 heteroatoms. The van der Waals surface area contributed by atoms with Crippen molar-refractivity contribution in [3.63, 3.8) is 0 Å². The van der Waals surface area contributed by atoms with Crippen LogP contribution in [0.2, 0.25) is 0 Å². The first kappa shape index (κ1) is 14.2. The average Bonchev–Trinajstić information content (AvgIpc) is 2.84. The Morgan fingerprint density at radius 3 is 2.70 bits per heavy atom. The van der Waals surface area contributed by atoms with E-state index in [1.807, 2.05) is 13.1 Å². The highest BCUT2D eigenvalue weighted by atomic mass is 19.2. The van der Waals surface area contributed by atoms with Crippen LogP contribution in [0.5, 0.6) is 0 Å². The van der Waals surface area contributed by atoms with Gasteiger partial charge in [0, 0.05) is 29.9 Å². The first-order valence-corrected chi connectivity index (χ1v) is 7.83. The van der Waals surface area contributed by atoms with Gasteiger partial charge in [0.2, 0.25) is 0 Å². The van der Waals surface area contributed by atoms with Gasteiger partial charge in [-0.15, -0.1) is 0 Å². The van der Waals surface area contributed by atoms with Gasteiger partial charge in [-0.25, -0.2) is 13.8 Å². The van der Waals surface area contributed by atoms with Gasteiger partial charge >= 0.3 is 0 Å². The molecule has 0 bridgehead atoms. The molecule has 1 aromatic carbocycles. The fourth-order valence-electron chi connectivity index (χ4n) is 3.41. The molecule has 0 unspecified atom stereocenters. The number of benzene rings is 1. The van der Waals surface area contributed by atoms with Crippen LogP contribution in [0.15, 0.2) is 30.3 Å². The zero-order valence-corrected chi connectivity index (χ0v) is 12.9. The molecular formula is C18H17F2N3. The van der Waals surface area contributed by atoms with Crippen LogP contribution in [0.4, 0.5) is 20.3 Å². The van der Waals surface area contributed by atoms with Gasteiger partial charge in [-0.3, -0.25) is 0 Å². The fraction of sp³-hybridized carbons (Fsp3) is 0.278. The highest BCUT2D eigenvalue weighted by molar-refractivity contribution is 5.84. The Labute approximate surface area is 133 Å². The molecule has 2 heterocycles. The normalized spacial score (nSPS) is 14.0. The van der Waals surface area contributed by atoms with E-state index in [0.717, 1.165) is 30.6 Å². The van der Waals surface area contributed by atoms with Crippen molar-refractivity contribution in [1.29, 1.82) is 0 Å². The lowest BCUT2D eigenvalue weighted by Crippen LogP contribution is -2.05. The van der Waals surface area contributed by atoms with Crippen molar-refractivity contribution in [2.45, 2.75) is 25.7 Å². The first-order chi connectivity index (χ1) is 11.1. The van der Waals surface area contributed by atoms with E-state index >= 15 is 0 Å². The van der Waals surface area contributed by atoms with Crippen molar-refractivity contribution >= 4 is 22.5 Å². The average molecular weight is 313 g/mol. The summed E-state index contributed by atoms with van der Waals surface area (Å²) in [5, 5.41) is 4.23. The SMILES string of the molecule is Cn1c2c(c3ccc(Nc4ccc(F)c(F)c4)nc31)CCCC2. The van der Waals surface area contributed by atoms with E-state index in [9.17, 15) is 8.78 Å². The van der Waals surface area contributed by atoms with Gasteiger partial charge in [-0.1, -0.05) is 0 Å². The summed E-state index contributed by atoms with van der Waals surface area (Å²) in [5.41, 5.74) is 4.18. The predicted octanol–water partition coefficient (Wildman–Crippen LogP) is 4.47. The third kappa shape index (κ3) is 2.36. The molecule has 118 valence electrons. The number of rotatable bonds is 2. The van der Waals surface area contributed by atoms with Gasteiger partial charge in [0.1, 0.15) is 11.5 Å². The molecule has 0 fully saturated rings. The van der Waals surface area contributed by atoms with Crippen LogP contribution >= 0.6 is 0 Å². The molecule has 3 aromatic rings. The van der Waals surface area contributed by atoms with Crippen LogP contribution < -0.4 is 5.32 Å². The summed E-state index contributed by atoms with van der Waals surface area (Å²) >= 11 is 0. The van der Waals surface area contributed by atoms with Crippen molar-refractivity contribution in [2.24, 2.45) is 7.05 Å². The van der Waals surface area contributed by atoms with Crippen LogP contribution in [-0.4, -0.2) is 9.55 Å². The number of aryl methyl sites for hydroxylation is 2. The molecule has 4 rings (SSSR count). The maximum atomic E-state index is 13.3. The third-order valence-corrected chi connectivity index (χ3v) is 4.55. The maximum Gasteiger partial charge on any atom is 0.160 e. The Morgan fingerprint density at radius 1 is 1.04 bits per heavy atom. The first-order valence-electron chi connectivity index (χ1n) is 7.83. The monoisotopic (exact) mass is 313 g/mol. The summed E-state index contributed by atoms with van der Waals surface area (Å²) in [5.74, 6) is -1.10. The van der Waals surface area contributed by atoms with Gasteiger partial charge < -0.3 is 9.88 Å². The summed E-state index contributed by atoms with van der Waals surface area (Å²) in [6.45, 7) is 0. The summed E-state index contributed by atoms with van der Waals surface area (Å²) in [4.78, 5) is 4.66. The molecule has 1 N–H and O–H groups in total. The number of halogens is 2. The van der Waals surface area contributed by atoms with Crippen molar-refractivity contribution in [1.82, 2.24) is 9.55 Å². The third-order valence-electron chi connectivity index (χ3n) is 4.55. The van der Waals surface area contributed by atoms with Crippen molar-refractivity contribution in [3.8, 4) is 0 Å². The lowest BCUT2D eigenvalue weighted by Gasteiger charge is -2.12. The van der Waals surface area contributed by atoms with Gasteiger partial charge in [0.05, 0.1) is 0 Å². The van der Waals surface area contributed by atoms with Crippen LogP contribution in [0.3, 0.4) is 0 Å². The Morgan fingerprint density at radius 2 is 1.87 bits per heavy atom. The molecule has 0 radical (unpaired) electrons. The Bertz CT molecular complexity index is 899. The van der Waals surface area contributed by atoms with Crippen molar-refractivity contribution in [3.05, 3.63) is 53.2 Å². The zero-order valence-electron chi connectivity index (χ0n) is 12.9. The molecule has 0 saturated carbocycles. The zero-order chi connectivity index (χ0) is 16.0. The molecule has 0 aliphatic heterocycles. The Kier molecular flexibility index (Phi) is 3.29. The lowest BCUT2D eigenvalue weighted by molar-refractivity contribution is 0.509. The van der Waals surface area contributed by atoms with E-state index < -0.39 is 11.6 Å². The number of pyridine rings is 1.